The lowest BCUT2D eigenvalue weighted by Gasteiger charge is -2.24. The van der Waals surface area contributed by atoms with Crippen molar-refractivity contribution in [1.82, 2.24) is 4.90 Å². The minimum atomic E-state index is -0.411. The summed E-state index contributed by atoms with van der Waals surface area (Å²) < 4.78 is 0. The quantitative estimate of drug-likeness (QED) is 0.899. The molecule has 2 amide bonds. The van der Waals surface area contributed by atoms with E-state index in [-0.39, 0.29) is 11.8 Å². The summed E-state index contributed by atoms with van der Waals surface area (Å²) in [7, 11) is 1.68. The first-order valence-corrected chi connectivity index (χ1v) is 7.45. The number of para-hydroxylation sites is 1. The molecule has 0 bridgehead atoms. The highest BCUT2D eigenvalue weighted by atomic mass is 35.5. The molecule has 5 nitrogen and oxygen atoms in total. The molecule has 21 heavy (non-hydrogen) atoms. The van der Waals surface area contributed by atoms with E-state index in [2.05, 4.69) is 0 Å². The fourth-order valence-electron chi connectivity index (χ4n) is 2.54. The van der Waals surface area contributed by atoms with Gasteiger partial charge < -0.3 is 15.5 Å². The van der Waals surface area contributed by atoms with Crippen LogP contribution in [-0.4, -0.2) is 42.9 Å². The highest BCUT2D eigenvalue weighted by Crippen LogP contribution is 2.30. The number of amides is 2. The minimum Gasteiger partial charge on any atom is -0.334 e. The second-order valence-electron chi connectivity index (χ2n) is 5.14. The van der Waals surface area contributed by atoms with Gasteiger partial charge in [0.25, 0.3) is 0 Å². The second-order valence-corrected chi connectivity index (χ2v) is 5.55. The molecule has 2 rings (SSSR count). The van der Waals surface area contributed by atoms with Crippen LogP contribution in [0.25, 0.3) is 0 Å². The normalized spacial score (nSPS) is 18.1. The first kappa shape index (κ1) is 15.8. The highest BCUT2D eigenvalue weighted by molar-refractivity contribution is 6.34. The van der Waals surface area contributed by atoms with Gasteiger partial charge in [-0.2, -0.15) is 0 Å². The van der Waals surface area contributed by atoms with E-state index in [1.807, 2.05) is 18.2 Å². The smallest absolute Gasteiger partial charge is 0.249 e. The Morgan fingerprint density at radius 3 is 2.86 bits per heavy atom. The molecule has 1 unspecified atom stereocenters. The molecule has 2 N–H and O–H groups in total. The maximum absolute atomic E-state index is 12.5. The maximum atomic E-state index is 12.5. The Balaban J connectivity index is 2.08. The summed E-state index contributed by atoms with van der Waals surface area (Å²) >= 11 is 6.14. The lowest BCUT2D eigenvalue weighted by atomic mass is 10.2. The molecule has 1 heterocycles. The molecule has 0 saturated carbocycles. The van der Waals surface area contributed by atoms with Gasteiger partial charge in [-0.25, -0.2) is 0 Å². The van der Waals surface area contributed by atoms with Crippen LogP contribution in [0.2, 0.25) is 5.02 Å². The van der Waals surface area contributed by atoms with E-state index in [0.717, 1.165) is 0 Å². The van der Waals surface area contributed by atoms with Crippen LogP contribution in [0.3, 0.4) is 0 Å². The number of hydrogen-bond acceptors (Lipinski definition) is 3. The van der Waals surface area contributed by atoms with Crippen LogP contribution in [0.1, 0.15) is 19.3 Å². The van der Waals surface area contributed by atoms with Crippen molar-refractivity contribution in [3.05, 3.63) is 29.3 Å². The van der Waals surface area contributed by atoms with Crippen molar-refractivity contribution in [3.8, 4) is 0 Å². The molecule has 1 aromatic rings. The number of likely N-dealkylation sites (N-methyl/N-ethyl adjacent to an activating group) is 1. The average molecular weight is 310 g/mol. The lowest BCUT2D eigenvalue weighted by molar-refractivity contribution is -0.136. The van der Waals surface area contributed by atoms with Gasteiger partial charge in [-0.3, -0.25) is 9.59 Å². The van der Waals surface area contributed by atoms with Gasteiger partial charge in [0.2, 0.25) is 11.8 Å². The lowest BCUT2D eigenvalue weighted by Crippen LogP contribution is -2.43. The number of hydrogen-bond donors (Lipinski definition) is 1. The van der Waals surface area contributed by atoms with Gasteiger partial charge in [0.05, 0.1) is 10.7 Å². The van der Waals surface area contributed by atoms with Gasteiger partial charge >= 0.3 is 0 Å². The summed E-state index contributed by atoms with van der Waals surface area (Å²) in [4.78, 5) is 27.7. The summed E-state index contributed by atoms with van der Waals surface area (Å²) in [5.74, 6) is -0.119. The van der Waals surface area contributed by atoms with E-state index < -0.39 is 6.04 Å². The molecule has 1 saturated heterocycles. The number of nitrogens with two attached hydrogens (primary N) is 1. The summed E-state index contributed by atoms with van der Waals surface area (Å²) in [5.41, 5.74) is 6.12. The van der Waals surface area contributed by atoms with E-state index in [4.69, 9.17) is 17.3 Å². The zero-order valence-corrected chi connectivity index (χ0v) is 12.8. The van der Waals surface area contributed by atoms with Gasteiger partial charge in [-0.05, 0) is 31.5 Å². The highest BCUT2D eigenvalue weighted by Gasteiger charge is 2.37. The topological polar surface area (TPSA) is 66.6 Å². The molecule has 1 fully saturated rings. The van der Waals surface area contributed by atoms with Crippen molar-refractivity contribution in [2.45, 2.75) is 25.3 Å². The fourth-order valence-corrected chi connectivity index (χ4v) is 2.78. The molecule has 1 atom stereocenters. The molecule has 1 aliphatic rings. The van der Waals surface area contributed by atoms with Gasteiger partial charge in [0.15, 0.2) is 0 Å². The Labute approximate surface area is 129 Å². The number of rotatable bonds is 5. The molecular formula is C15H20ClN3O2. The van der Waals surface area contributed by atoms with Crippen LogP contribution in [0.4, 0.5) is 5.69 Å². The molecule has 114 valence electrons. The Morgan fingerprint density at radius 1 is 1.48 bits per heavy atom. The molecular weight excluding hydrogens is 290 g/mol. The Kier molecular flexibility index (Phi) is 5.20. The van der Waals surface area contributed by atoms with Crippen molar-refractivity contribution in [1.29, 1.82) is 0 Å². The molecule has 0 radical (unpaired) electrons. The first-order valence-electron chi connectivity index (χ1n) is 7.08. The molecule has 6 heteroatoms. The van der Waals surface area contributed by atoms with E-state index in [1.165, 1.54) is 4.90 Å². The summed E-state index contributed by atoms with van der Waals surface area (Å²) in [6.45, 7) is 1.05. The van der Waals surface area contributed by atoms with E-state index in [1.54, 1.807) is 18.0 Å². The summed E-state index contributed by atoms with van der Waals surface area (Å²) in [5, 5.41) is 0.545. The third-order valence-electron chi connectivity index (χ3n) is 3.78. The summed E-state index contributed by atoms with van der Waals surface area (Å²) in [6.07, 6.45) is 1.64. The number of anilines is 1. The Morgan fingerprint density at radius 2 is 2.19 bits per heavy atom. The predicted octanol–water partition coefficient (Wildman–Crippen LogP) is 1.64. The number of carbonyl (C=O) groups excluding carboxylic acids is 2. The zero-order valence-electron chi connectivity index (χ0n) is 12.1. The molecule has 1 aliphatic heterocycles. The van der Waals surface area contributed by atoms with Gasteiger partial charge in [-0.15, -0.1) is 0 Å². The van der Waals surface area contributed by atoms with Crippen molar-refractivity contribution >= 4 is 29.1 Å². The van der Waals surface area contributed by atoms with Crippen LogP contribution < -0.4 is 10.6 Å². The van der Waals surface area contributed by atoms with Gasteiger partial charge in [-0.1, -0.05) is 23.7 Å². The Bertz CT molecular complexity index is 535. The standard InChI is InChI=1S/C15H20ClN3O2/c1-18(14(20)7-4-9-17)13-8-10-19(15(13)21)12-6-3-2-5-11(12)16/h2-3,5-6,13H,4,7-10,17H2,1H3. The van der Waals surface area contributed by atoms with Crippen LogP contribution >= 0.6 is 11.6 Å². The average Bonchev–Trinajstić information content (AvgIpc) is 2.86. The molecule has 0 aromatic heterocycles. The zero-order chi connectivity index (χ0) is 15.4. The van der Waals surface area contributed by atoms with E-state index >= 15 is 0 Å². The number of benzene rings is 1. The number of nitrogens with zero attached hydrogens (tertiary/aromatic N) is 2. The van der Waals surface area contributed by atoms with Crippen molar-refractivity contribution in [2.24, 2.45) is 5.73 Å². The number of halogens is 1. The Hall–Kier alpha value is -1.59. The largest absolute Gasteiger partial charge is 0.334 e. The van der Waals surface area contributed by atoms with Gasteiger partial charge in [0.1, 0.15) is 6.04 Å². The van der Waals surface area contributed by atoms with Crippen molar-refractivity contribution < 1.29 is 9.59 Å². The third-order valence-corrected chi connectivity index (χ3v) is 4.10. The van der Waals surface area contributed by atoms with E-state index in [9.17, 15) is 9.59 Å². The van der Waals surface area contributed by atoms with Crippen LogP contribution in [0.5, 0.6) is 0 Å². The van der Waals surface area contributed by atoms with Gasteiger partial charge in [0, 0.05) is 20.0 Å². The molecule has 1 aromatic carbocycles. The third kappa shape index (κ3) is 3.36. The molecule has 0 aliphatic carbocycles. The van der Waals surface area contributed by atoms with Crippen LogP contribution in [-0.2, 0) is 9.59 Å². The number of carbonyl (C=O) groups is 2. The first-order chi connectivity index (χ1) is 10.1. The molecule has 0 spiro atoms. The van der Waals surface area contributed by atoms with Crippen LogP contribution in [0, 0.1) is 0 Å². The fraction of sp³-hybridized carbons (Fsp3) is 0.467. The predicted molar refractivity (Wildman–Crippen MR) is 83.3 cm³/mol. The van der Waals surface area contributed by atoms with Crippen molar-refractivity contribution in [2.75, 3.05) is 25.0 Å². The summed E-state index contributed by atoms with van der Waals surface area (Å²) in [6, 6.07) is 6.84. The second kappa shape index (κ2) is 6.91. The maximum Gasteiger partial charge on any atom is 0.249 e. The monoisotopic (exact) mass is 309 g/mol. The SMILES string of the molecule is CN(C(=O)CCCN)C1CCN(c2ccccc2Cl)C1=O. The van der Waals surface area contributed by atoms with E-state index in [0.29, 0.717) is 43.1 Å². The van der Waals surface area contributed by atoms with Crippen molar-refractivity contribution in [3.63, 3.8) is 0 Å². The minimum absolute atomic E-state index is 0.0418. The van der Waals surface area contributed by atoms with Crippen LogP contribution in [0.15, 0.2) is 24.3 Å².